The van der Waals surface area contributed by atoms with Crippen LogP contribution in [0.3, 0.4) is 0 Å². The van der Waals surface area contributed by atoms with Crippen molar-refractivity contribution in [1.82, 2.24) is 10.3 Å². The summed E-state index contributed by atoms with van der Waals surface area (Å²) in [5.41, 5.74) is 0.533. The minimum Gasteiger partial charge on any atom is -0.447 e. The van der Waals surface area contributed by atoms with E-state index < -0.39 is 18.3 Å². The van der Waals surface area contributed by atoms with Gasteiger partial charge in [0.25, 0.3) is 0 Å². The molecular formula is C29H51N3O5. The van der Waals surface area contributed by atoms with Crippen molar-refractivity contribution < 1.29 is 23.8 Å². The van der Waals surface area contributed by atoms with Crippen molar-refractivity contribution >= 4 is 17.9 Å². The van der Waals surface area contributed by atoms with Crippen molar-refractivity contribution in [3.63, 3.8) is 0 Å². The fourth-order valence-electron chi connectivity index (χ4n) is 4.03. The Labute approximate surface area is 224 Å². The summed E-state index contributed by atoms with van der Waals surface area (Å²) in [7, 11) is 1.48. The molecule has 1 heterocycles. The predicted octanol–water partition coefficient (Wildman–Crippen LogP) is 7.63. The first kappa shape index (κ1) is 32.7. The Balaban J connectivity index is 1.88. The first-order valence-corrected chi connectivity index (χ1v) is 14.4. The lowest BCUT2D eigenvalue weighted by Crippen LogP contribution is -2.32. The molecular weight excluding hydrogens is 470 g/mol. The molecule has 0 aromatic carbocycles. The molecule has 1 rings (SSSR count). The number of amides is 2. The number of ether oxygens (including phenoxy) is 3. The highest BCUT2D eigenvalue weighted by atomic mass is 16.6. The zero-order valence-electron chi connectivity index (χ0n) is 23.3. The van der Waals surface area contributed by atoms with Crippen molar-refractivity contribution in [2.75, 3.05) is 32.2 Å². The number of anilines is 1. The van der Waals surface area contributed by atoms with Crippen LogP contribution in [0, 0.1) is 0 Å². The van der Waals surface area contributed by atoms with Gasteiger partial charge in [0.15, 0.2) is 0 Å². The number of carbonyl (C=O) groups is 2. The Morgan fingerprint density at radius 2 is 1.30 bits per heavy atom. The molecule has 212 valence electrons. The third-order valence-corrected chi connectivity index (χ3v) is 6.34. The summed E-state index contributed by atoms with van der Waals surface area (Å²) in [4.78, 5) is 27.6. The van der Waals surface area contributed by atoms with Crippen LogP contribution in [0.5, 0.6) is 0 Å². The molecule has 1 aromatic heterocycles. The maximum Gasteiger partial charge on any atom is 0.411 e. The highest BCUT2D eigenvalue weighted by Crippen LogP contribution is 2.13. The number of hydrogen-bond acceptors (Lipinski definition) is 6. The van der Waals surface area contributed by atoms with E-state index in [-0.39, 0.29) is 13.2 Å². The molecule has 8 heteroatoms. The Hall–Kier alpha value is -2.35. The number of rotatable bonds is 23. The van der Waals surface area contributed by atoms with Crippen molar-refractivity contribution in [3.8, 4) is 0 Å². The molecule has 0 aliphatic rings. The molecule has 37 heavy (non-hydrogen) atoms. The van der Waals surface area contributed by atoms with Gasteiger partial charge in [-0.05, 0) is 18.6 Å². The molecule has 0 saturated heterocycles. The first-order chi connectivity index (χ1) is 18.2. The van der Waals surface area contributed by atoms with E-state index in [4.69, 9.17) is 14.2 Å². The van der Waals surface area contributed by atoms with E-state index in [1.807, 2.05) is 0 Å². The quantitative estimate of drug-likeness (QED) is 0.144. The number of alkyl carbamates (subject to hydrolysis) is 1. The second kappa shape index (κ2) is 24.0. The minimum atomic E-state index is -0.622. The van der Waals surface area contributed by atoms with E-state index in [2.05, 4.69) is 22.5 Å². The summed E-state index contributed by atoms with van der Waals surface area (Å²) in [6.45, 7) is 2.84. The second-order valence-corrected chi connectivity index (χ2v) is 9.65. The molecule has 0 fully saturated rings. The Kier molecular flexibility index (Phi) is 21.2. The summed E-state index contributed by atoms with van der Waals surface area (Å²) in [5, 5.41) is 5.33. The maximum absolute atomic E-state index is 11.9. The topological polar surface area (TPSA) is 98.8 Å². The summed E-state index contributed by atoms with van der Waals surface area (Å²) in [6, 6.07) is 3.41. The number of pyridine rings is 1. The predicted molar refractivity (Wildman–Crippen MR) is 149 cm³/mol. The molecule has 1 atom stereocenters. The summed E-state index contributed by atoms with van der Waals surface area (Å²) in [5.74, 6) is 0. The van der Waals surface area contributed by atoms with Crippen LogP contribution in [0.2, 0.25) is 0 Å². The SMILES string of the molecule is CCCCCCCCCCCCCCCCCCNC(=O)OCC(COC(=O)Nc1cccnc1)OC. The van der Waals surface area contributed by atoms with Crippen molar-refractivity contribution in [2.24, 2.45) is 0 Å². The standard InChI is InChI=1S/C29H51N3O5/c1-3-4-5-6-7-8-9-10-11-12-13-14-15-16-17-18-22-31-28(33)36-24-27(35-2)25-37-29(34)32-26-20-19-21-30-23-26/h19-21,23,27H,3-18,22,24-25H2,1-2H3,(H,31,33)(H,32,34). The minimum absolute atomic E-state index is 0.00145. The first-order valence-electron chi connectivity index (χ1n) is 14.4. The third kappa shape index (κ3) is 20.4. The fourth-order valence-corrected chi connectivity index (χ4v) is 4.03. The monoisotopic (exact) mass is 521 g/mol. The van der Waals surface area contributed by atoms with Gasteiger partial charge in [-0.25, -0.2) is 9.59 Å². The van der Waals surface area contributed by atoms with Crippen molar-refractivity contribution in [2.45, 2.75) is 116 Å². The van der Waals surface area contributed by atoms with E-state index in [0.29, 0.717) is 12.2 Å². The molecule has 2 amide bonds. The molecule has 1 aromatic rings. The third-order valence-electron chi connectivity index (χ3n) is 6.34. The zero-order chi connectivity index (χ0) is 26.8. The van der Waals surface area contributed by atoms with E-state index in [1.54, 1.807) is 18.3 Å². The molecule has 1 unspecified atom stereocenters. The molecule has 0 aliphatic carbocycles. The second-order valence-electron chi connectivity index (χ2n) is 9.65. The lowest BCUT2D eigenvalue weighted by molar-refractivity contribution is -0.00214. The average Bonchev–Trinajstić information content (AvgIpc) is 2.91. The van der Waals surface area contributed by atoms with E-state index >= 15 is 0 Å². The maximum atomic E-state index is 11.9. The molecule has 0 saturated carbocycles. The Morgan fingerprint density at radius 1 is 0.784 bits per heavy atom. The molecule has 2 N–H and O–H groups in total. The van der Waals surface area contributed by atoms with Gasteiger partial charge in [0.1, 0.15) is 19.3 Å². The lowest BCUT2D eigenvalue weighted by atomic mass is 10.0. The summed E-state index contributed by atoms with van der Waals surface area (Å²) in [6.07, 6.45) is 22.6. The zero-order valence-corrected chi connectivity index (χ0v) is 23.3. The van der Waals surface area contributed by atoms with Gasteiger partial charge in [0.05, 0.1) is 11.9 Å². The fraction of sp³-hybridized carbons (Fsp3) is 0.759. The molecule has 0 bridgehead atoms. The van der Waals surface area contributed by atoms with Crippen LogP contribution in [0.15, 0.2) is 24.5 Å². The molecule has 0 radical (unpaired) electrons. The van der Waals surface area contributed by atoms with Gasteiger partial charge in [0.2, 0.25) is 0 Å². The largest absolute Gasteiger partial charge is 0.447 e. The highest BCUT2D eigenvalue weighted by Gasteiger charge is 2.14. The number of methoxy groups -OCH3 is 1. The highest BCUT2D eigenvalue weighted by molar-refractivity contribution is 5.84. The van der Waals surface area contributed by atoms with Gasteiger partial charge in [-0.3, -0.25) is 10.3 Å². The number of hydrogen-bond donors (Lipinski definition) is 2. The van der Waals surface area contributed by atoms with Gasteiger partial charge in [-0.15, -0.1) is 0 Å². The van der Waals surface area contributed by atoms with Crippen molar-refractivity contribution in [1.29, 1.82) is 0 Å². The van der Waals surface area contributed by atoms with Crippen molar-refractivity contribution in [3.05, 3.63) is 24.5 Å². The Morgan fingerprint density at radius 3 is 1.78 bits per heavy atom. The van der Waals surface area contributed by atoms with Gasteiger partial charge in [-0.1, -0.05) is 103 Å². The van der Waals surface area contributed by atoms with Crippen LogP contribution in [0.4, 0.5) is 15.3 Å². The molecule has 0 spiro atoms. The summed E-state index contributed by atoms with van der Waals surface area (Å²) < 4.78 is 15.5. The average molecular weight is 522 g/mol. The number of aromatic nitrogens is 1. The van der Waals surface area contributed by atoms with Crippen LogP contribution in [0.25, 0.3) is 0 Å². The number of nitrogens with one attached hydrogen (secondary N) is 2. The van der Waals surface area contributed by atoms with E-state index in [9.17, 15) is 9.59 Å². The number of carbonyl (C=O) groups excluding carboxylic acids is 2. The smallest absolute Gasteiger partial charge is 0.411 e. The van der Waals surface area contributed by atoms with Crippen LogP contribution < -0.4 is 10.6 Å². The number of unbranched alkanes of at least 4 members (excludes halogenated alkanes) is 15. The molecule has 8 nitrogen and oxygen atoms in total. The van der Waals surface area contributed by atoms with Crippen LogP contribution in [0.1, 0.15) is 110 Å². The van der Waals surface area contributed by atoms with E-state index in [0.717, 1.165) is 12.8 Å². The van der Waals surface area contributed by atoms with Gasteiger partial charge in [0, 0.05) is 19.9 Å². The van der Waals surface area contributed by atoms with Crippen LogP contribution >= 0.6 is 0 Å². The number of nitrogens with zero attached hydrogens (tertiary/aromatic N) is 1. The Bertz CT molecular complexity index is 675. The normalized spacial score (nSPS) is 11.6. The van der Waals surface area contributed by atoms with Gasteiger partial charge >= 0.3 is 12.2 Å². The van der Waals surface area contributed by atoms with Gasteiger partial charge in [-0.2, -0.15) is 0 Å². The van der Waals surface area contributed by atoms with E-state index in [1.165, 1.54) is 103 Å². The van der Waals surface area contributed by atoms with Crippen LogP contribution in [-0.4, -0.2) is 50.1 Å². The van der Waals surface area contributed by atoms with Crippen LogP contribution in [-0.2, 0) is 14.2 Å². The van der Waals surface area contributed by atoms with Gasteiger partial charge < -0.3 is 19.5 Å². The summed E-state index contributed by atoms with van der Waals surface area (Å²) >= 11 is 0. The molecule has 0 aliphatic heterocycles. The lowest BCUT2D eigenvalue weighted by Gasteiger charge is -2.16.